The third-order valence-electron chi connectivity index (χ3n) is 8.48. The summed E-state index contributed by atoms with van der Waals surface area (Å²) in [6.07, 6.45) is 10.0. The SMILES string of the molecule is CCCC[C@]1(CC)CS(=O)(=O)C2CCC(Br)CC2C(C2CCCC(OC)C2)C1O. The van der Waals surface area contributed by atoms with Crippen LogP contribution in [0.25, 0.3) is 0 Å². The molecule has 3 rings (SSSR count). The fraction of sp³-hybridized carbons (Fsp3) is 1.00. The third-order valence-corrected chi connectivity index (χ3v) is 11.8. The summed E-state index contributed by atoms with van der Waals surface area (Å²) in [6, 6.07) is 0. The van der Waals surface area contributed by atoms with Crippen molar-refractivity contribution in [2.45, 2.75) is 107 Å². The van der Waals surface area contributed by atoms with Crippen molar-refractivity contribution in [2.75, 3.05) is 12.9 Å². The van der Waals surface area contributed by atoms with Gasteiger partial charge in [-0.3, -0.25) is 0 Å². The first kappa shape index (κ1) is 24.0. The predicted molar refractivity (Wildman–Crippen MR) is 122 cm³/mol. The van der Waals surface area contributed by atoms with Gasteiger partial charge in [0.05, 0.1) is 23.2 Å². The van der Waals surface area contributed by atoms with Gasteiger partial charge in [0.25, 0.3) is 0 Å². The molecule has 0 radical (unpaired) electrons. The summed E-state index contributed by atoms with van der Waals surface area (Å²) < 4.78 is 33.0. The number of fused-ring (bicyclic) bond motifs is 1. The fourth-order valence-electron chi connectivity index (χ4n) is 6.80. The summed E-state index contributed by atoms with van der Waals surface area (Å²) in [5, 5.41) is 11.7. The van der Waals surface area contributed by atoms with Gasteiger partial charge in [0, 0.05) is 17.4 Å². The lowest BCUT2D eigenvalue weighted by atomic mass is 9.61. The Morgan fingerprint density at radius 3 is 2.55 bits per heavy atom. The van der Waals surface area contributed by atoms with Gasteiger partial charge in [-0.05, 0) is 69.1 Å². The molecule has 0 amide bonds. The number of ether oxygens (including phenoxy) is 1. The van der Waals surface area contributed by atoms with Gasteiger partial charge in [0.15, 0.2) is 9.84 Å². The highest BCUT2D eigenvalue weighted by Gasteiger charge is 2.56. The van der Waals surface area contributed by atoms with Gasteiger partial charge in [-0.15, -0.1) is 0 Å². The molecule has 2 saturated carbocycles. The molecule has 7 unspecified atom stereocenters. The van der Waals surface area contributed by atoms with E-state index < -0.39 is 21.4 Å². The lowest BCUT2D eigenvalue weighted by Gasteiger charge is -2.47. The van der Waals surface area contributed by atoms with Crippen molar-refractivity contribution < 1.29 is 18.3 Å². The van der Waals surface area contributed by atoms with E-state index in [0.29, 0.717) is 10.7 Å². The fourth-order valence-corrected chi connectivity index (χ4v) is 10.4. The first-order valence-corrected chi connectivity index (χ1v) is 14.5. The number of alkyl halides is 1. The molecule has 0 aromatic carbocycles. The largest absolute Gasteiger partial charge is 0.392 e. The number of rotatable bonds is 6. The Balaban J connectivity index is 2.04. The molecule has 4 nitrogen and oxygen atoms in total. The highest BCUT2D eigenvalue weighted by Crippen LogP contribution is 2.53. The molecule has 1 aliphatic heterocycles. The van der Waals surface area contributed by atoms with Gasteiger partial charge in [-0.2, -0.15) is 0 Å². The minimum atomic E-state index is -3.23. The lowest BCUT2D eigenvalue weighted by molar-refractivity contribution is -0.0759. The second kappa shape index (κ2) is 9.87. The van der Waals surface area contributed by atoms with E-state index in [2.05, 4.69) is 29.8 Å². The third kappa shape index (κ3) is 4.90. The van der Waals surface area contributed by atoms with Crippen molar-refractivity contribution in [3.63, 3.8) is 0 Å². The summed E-state index contributed by atoms with van der Waals surface area (Å²) in [4.78, 5) is 0.361. The van der Waals surface area contributed by atoms with Crippen LogP contribution in [0, 0.1) is 23.2 Å². The van der Waals surface area contributed by atoms with Crippen LogP contribution < -0.4 is 0 Å². The Labute approximate surface area is 186 Å². The number of hydrogen-bond donors (Lipinski definition) is 1. The molecule has 0 aromatic heterocycles. The molecule has 1 heterocycles. The molecule has 1 N–H and O–H groups in total. The van der Waals surface area contributed by atoms with E-state index in [0.717, 1.165) is 70.6 Å². The van der Waals surface area contributed by atoms with Gasteiger partial charge in [0.2, 0.25) is 0 Å². The van der Waals surface area contributed by atoms with Crippen LogP contribution >= 0.6 is 15.9 Å². The molecule has 2 aliphatic carbocycles. The Morgan fingerprint density at radius 1 is 1.14 bits per heavy atom. The predicted octanol–water partition coefficient (Wildman–Crippen LogP) is 5.12. The zero-order chi connectivity index (χ0) is 21.2. The van der Waals surface area contributed by atoms with Gasteiger partial charge in [-0.1, -0.05) is 49.0 Å². The Kier molecular flexibility index (Phi) is 8.17. The van der Waals surface area contributed by atoms with E-state index in [1.807, 2.05) is 0 Å². The Bertz CT molecular complexity index is 639. The molecule has 170 valence electrons. The zero-order valence-corrected chi connectivity index (χ0v) is 20.9. The highest BCUT2D eigenvalue weighted by atomic mass is 79.9. The van der Waals surface area contributed by atoms with Crippen LogP contribution in [-0.2, 0) is 14.6 Å². The van der Waals surface area contributed by atoms with Gasteiger partial charge in [-0.25, -0.2) is 8.42 Å². The summed E-state index contributed by atoms with van der Waals surface area (Å²) in [6.45, 7) is 4.24. The van der Waals surface area contributed by atoms with Crippen molar-refractivity contribution >= 4 is 25.8 Å². The summed E-state index contributed by atoms with van der Waals surface area (Å²) in [7, 11) is -1.44. The molecule has 0 spiro atoms. The molecule has 8 atom stereocenters. The van der Waals surface area contributed by atoms with Gasteiger partial charge >= 0.3 is 0 Å². The van der Waals surface area contributed by atoms with Crippen LogP contribution in [0.3, 0.4) is 0 Å². The Morgan fingerprint density at radius 2 is 1.90 bits per heavy atom. The van der Waals surface area contributed by atoms with E-state index in [4.69, 9.17) is 4.74 Å². The van der Waals surface area contributed by atoms with E-state index in [9.17, 15) is 13.5 Å². The maximum atomic E-state index is 13.6. The topological polar surface area (TPSA) is 63.6 Å². The smallest absolute Gasteiger partial charge is 0.154 e. The number of aliphatic hydroxyl groups excluding tert-OH is 1. The van der Waals surface area contributed by atoms with E-state index >= 15 is 0 Å². The van der Waals surface area contributed by atoms with Crippen LogP contribution in [-0.4, -0.2) is 48.7 Å². The molecule has 29 heavy (non-hydrogen) atoms. The van der Waals surface area contributed by atoms with Crippen LogP contribution in [0.5, 0.6) is 0 Å². The number of sulfone groups is 1. The number of halogens is 1. The lowest BCUT2D eigenvalue weighted by Crippen LogP contribution is -2.48. The molecule has 6 heteroatoms. The first-order chi connectivity index (χ1) is 13.8. The normalized spacial score (nSPS) is 45.3. The second-order valence-electron chi connectivity index (χ2n) is 10.0. The quantitative estimate of drug-likeness (QED) is 0.522. The van der Waals surface area contributed by atoms with Crippen molar-refractivity contribution in [3.05, 3.63) is 0 Å². The molecule has 1 saturated heterocycles. The number of methoxy groups -OCH3 is 1. The van der Waals surface area contributed by atoms with E-state index in [1.165, 1.54) is 0 Å². The average molecular weight is 494 g/mol. The summed E-state index contributed by atoms with van der Waals surface area (Å²) in [5.41, 5.74) is -0.501. The van der Waals surface area contributed by atoms with Crippen molar-refractivity contribution in [1.29, 1.82) is 0 Å². The van der Waals surface area contributed by atoms with E-state index in [-0.39, 0.29) is 28.9 Å². The number of hydrogen-bond acceptors (Lipinski definition) is 4. The van der Waals surface area contributed by atoms with Crippen LogP contribution in [0.1, 0.15) is 84.5 Å². The second-order valence-corrected chi connectivity index (χ2v) is 13.6. The maximum Gasteiger partial charge on any atom is 0.154 e. The molecular formula is C23H41BrO4S. The van der Waals surface area contributed by atoms with Crippen molar-refractivity contribution in [3.8, 4) is 0 Å². The van der Waals surface area contributed by atoms with Crippen LogP contribution in [0.2, 0.25) is 0 Å². The van der Waals surface area contributed by atoms with Gasteiger partial charge < -0.3 is 9.84 Å². The first-order valence-electron chi connectivity index (χ1n) is 11.8. The molecule has 3 aliphatic rings. The standard InChI is InChI=1S/C23H41BrO4S/c1-4-6-12-23(5-2)15-29(26,27)20-11-10-17(24)14-19(20)21(22(23)25)16-8-7-9-18(13-16)28-3/h16-22,25H,4-15H2,1-3H3/t16?,17?,18?,19?,20?,21?,22?,23-/m1/s1. The zero-order valence-electron chi connectivity index (χ0n) is 18.5. The minimum Gasteiger partial charge on any atom is -0.392 e. The van der Waals surface area contributed by atoms with E-state index in [1.54, 1.807) is 7.11 Å². The molecule has 0 aromatic rings. The number of aliphatic hydroxyl groups is 1. The molecule has 3 fully saturated rings. The average Bonchev–Trinajstić information content (AvgIpc) is 2.77. The van der Waals surface area contributed by atoms with Crippen molar-refractivity contribution in [2.24, 2.45) is 23.2 Å². The van der Waals surface area contributed by atoms with Gasteiger partial charge in [0.1, 0.15) is 0 Å². The van der Waals surface area contributed by atoms with Crippen molar-refractivity contribution in [1.82, 2.24) is 0 Å². The Hall–Kier alpha value is 0.350. The van der Waals surface area contributed by atoms with Crippen LogP contribution in [0.4, 0.5) is 0 Å². The summed E-state index contributed by atoms with van der Waals surface area (Å²) in [5.74, 6) is 0.647. The van der Waals surface area contributed by atoms with Crippen LogP contribution in [0.15, 0.2) is 0 Å². The molecular weight excluding hydrogens is 452 g/mol. The monoisotopic (exact) mass is 492 g/mol. The minimum absolute atomic E-state index is 0.0591. The highest BCUT2D eigenvalue weighted by molar-refractivity contribution is 9.09. The number of unbranched alkanes of at least 4 members (excludes halogenated alkanes) is 1. The maximum absolute atomic E-state index is 13.6. The summed E-state index contributed by atoms with van der Waals surface area (Å²) >= 11 is 3.80. The molecule has 0 bridgehead atoms.